The monoisotopic (exact) mass is 464 g/mol. The zero-order chi connectivity index (χ0) is 23.0. The van der Waals surface area contributed by atoms with Gasteiger partial charge in [-0.25, -0.2) is 0 Å². The van der Waals surface area contributed by atoms with E-state index in [1.54, 1.807) is 25.1 Å². The molecular weight excluding hydrogens is 435 g/mol. The summed E-state index contributed by atoms with van der Waals surface area (Å²) < 4.78 is 5.75. The highest BCUT2D eigenvalue weighted by Gasteiger charge is 2.27. The van der Waals surface area contributed by atoms with Crippen molar-refractivity contribution in [3.8, 4) is 5.75 Å². The fourth-order valence-corrected chi connectivity index (χ4v) is 3.45. The summed E-state index contributed by atoms with van der Waals surface area (Å²) in [5.41, 5.74) is 2.52. The first-order valence-electron chi connectivity index (χ1n) is 10.4. The predicted octanol–water partition coefficient (Wildman–Crippen LogP) is 5.32. The van der Waals surface area contributed by atoms with Crippen molar-refractivity contribution in [2.24, 2.45) is 0 Å². The van der Waals surface area contributed by atoms with Crippen LogP contribution in [0.3, 0.4) is 0 Å². The Labute approximate surface area is 194 Å². The molecule has 0 radical (unpaired) electrons. The smallest absolute Gasteiger partial charge is 0.261 e. The van der Waals surface area contributed by atoms with Gasteiger partial charge in [0.25, 0.3) is 5.91 Å². The van der Waals surface area contributed by atoms with Gasteiger partial charge in [-0.2, -0.15) is 0 Å². The molecule has 0 spiro atoms. The number of amides is 2. The van der Waals surface area contributed by atoms with Crippen LogP contribution in [0.5, 0.6) is 5.75 Å². The first-order valence-corrected chi connectivity index (χ1v) is 11.2. The van der Waals surface area contributed by atoms with Crippen molar-refractivity contribution in [1.29, 1.82) is 0 Å². The van der Waals surface area contributed by atoms with Crippen LogP contribution < -0.4 is 10.1 Å². The van der Waals surface area contributed by atoms with Gasteiger partial charge < -0.3 is 15.0 Å². The van der Waals surface area contributed by atoms with Crippen LogP contribution in [0.25, 0.3) is 0 Å². The van der Waals surface area contributed by atoms with E-state index in [2.05, 4.69) is 12.2 Å². The van der Waals surface area contributed by atoms with E-state index in [4.69, 9.17) is 27.9 Å². The van der Waals surface area contributed by atoms with E-state index in [0.717, 1.165) is 29.5 Å². The van der Waals surface area contributed by atoms with Gasteiger partial charge in [0, 0.05) is 23.1 Å². The third-order valence-electron chi connectivity index (χ3n) is 5.07. The normalized spacial score (nSPS) is 11.7. The van der Waals surface area contributed by atoms with Crippen LogP contribution in [0.4, 0.5) is 0 Å². The summed E-state index contributed by atoms with van der Waals surface area (Å²) >= 11 is 12.5. The maximum Gasteiger partial charge on any atom is 0.261 e. The molecule has 31 heavy (non-hydrogen) atoms. The largest absolute Gasteiger partial charge is 0.484 e. The number of ether oxygens (including phenoxy) is 1. The second-order valence-electron chi connectivity index (χ2n) is 7.59. The predicted molar refractivity (Wildman–Crippen MR) is 126 cm³/mol. The number of rotatable bonds is 10. The molecule has 0 aromatic heterocycles. The first kappa shape index (κ1) is 25.0. The van der Waals surface area contributed by atoms with Crippen LogP contribution in [-0.2, 0) is 16.1 Å². The van der Waals surface area contributed by atoms with E-state index >= 15 is 0 Å². The highest BCUT2D eigenvalue weighted by molar-refractivity contribution is 6.32. The van der Waals surface area contributed by atoms with Gasteiger partial charge in [-0.1, -0.05) is 54.7 Å². The van der Waals surface area contributed by atoms with E-state index in [0.29, 0.717) is 22.3 Å². The third-order valence-corrected chi connectivity index (χ3v) is 6.03. The Morgan fingerprint density at radius 1 is 1.13 bits per heavy atom. The third kappa shape index (κ3) is 7.15. The van der Waals surface area contributed by atoms with Gasteiger partial charge in [-0.15, -0.1) is 0 Å². The lowest BCUT2D eigenvalue weighted by Gasteiger charge is -2.29. The Kier molecular flexibility index (Phi) is 9.66. The van der Waals surface area contributed by atoms with Gasteiger partial charge in [0.05, 0.1) is 0 Å². The quantitative estimate of drug-likeness (QED) is 0.483. The first-order chi connectivity index (χ1) is 14.7. The molecular formula is C24H30Cl2N2O3. The topological polar surface area (TPSA) is 58.6 Å². The molecule has 0 aliphatic carbocycles. The number of hydrogen-bond acceptors (Lipinski definition) is 3. The van der Waals surface area contributed by atoms with E-state index in [1.165, 1.54) is 4.90 Å². The molecule has 2 amide bonds. The highest BCUT2D eigenvalue weighted by Crippen LogP contribution is 2.26. The minimum absolute atomic E-state index is 0.197. The number of carbonyl (C=O) groups is 2. The Morgan fingerprint density at radius 2 is 1.77 bits per heavy atom. The van der Waals surface area contributed by atoms with Gasteiger partial charge in [-0.3, -0.25) is 9.59 Å². The lowest BCUT2D eigenvalue weighted by Crippen LogP contribution is -2.49. The Hall–Kier alpha value is -2.24. The van der Waals surface area contributed by atoms with Gasteiger partial charge in [0.15, 0.2) is 6.61 Å². The van der Waals surface area contributed by atoms with Gasteiger partial charge in [-0.05, 0) is 62.1 Å². The number of unbranched alkanes of at least 4 members (excludes halogenated alkanes) is 1. The summed E-state index contributed by atoms with van der Waals surface area (Å²) in [7, 11) is 0. The van der Waals surface area contributed by atoms with E-state index in [1.807, 2.05) is 32.0 Å². The minimum atomic E-state index is -0.669. The van der Waals surface area contributed by atoms with Crippen molar-refractivity contribution in [3.05, 3.63) is 63.1 Å². The van der Waals surface area contributed by atoms with E-state index in [-0.39, 0.29) is 25.0 Å². The molecule has 168 valence electrons. The maximum atomic E-state index is 13.1. The van der Waals surface area contributed by atoms with Crippen molar-refractivity contribution in [2.45, 2.75) is 53.1 Å². The van der Waals surface area contributed by atoms with Gasteiger partial charge in [0.1, 0.15) is 11.8 Å². The molecule has 2 aromatic rings. The average Bonchev–Trinajstić information content (AvgIpc) is 2.74. The van der Waals surface area contributed by atoms with Crippen molar-refractivity contribution in [1.82, 2.24) is 10.2 Å². The molecule has 0 fully saturated rings. The molecule has 0 saturated carbocycles. The van der Waals surface area contributed by atoms with E-state index in [9.17, 15) is 9.59 Å². The van der Waals surface area contributed by atoms with Gasteiger partial charge >= 0.3 is 0 Å². The van der Waals surface area contributed by atoms with Crippen molar-refractivity contribution >= 4 is 35.0 Å². The molecule has 1 N–H and O–H groups in total. The maximum absolute atomic E-state index is 13.1. The standard InChI is InChI=1S/C24H30Cl2N2O3/c1-5-6-11-27-24(30)18(4)28(14-19-9-7-8-10-21(19)25)22(29)15-31-20-12-16(2)23(26)17(3)13-20/h7-10,12-13,18H,5-6,11,14-15H2,1-4H3,(H,27,30)/t18-/m1/s1. The summed E-state index contributed by atoms with van der Waals surface area (Å²) in [6.45, 7) is 8.13. The molecule has 7 heteroatoms. The number of nitrogens with zero attached hydrogens (tertiary/aromatic N) is 1. The molecule has 0 aliphatic heterocycles. The molecule has 0 saturated heterocycles. The van der Waals surface area contributed by atoms with Crippen LogP contribution in [0.1, 0.15) is 43.4 Å². The molecule has 1 atom stereocenters. The Morgan fingerprint density at radius 3 is 2.39 bits per heavy atom. The van der Waals surface area contributed by atoms with Crippen LogP contribution in [-0.4, -0.2) is 35.9 Å². The summed E-state index contributed by atoms with van der Waals surface area (Å²) in [4.78, 5) is 27.2. The molecule has 0 aliphatic rings. The summed E-state index contributed by atoms with van der Waals surface area (Å²) in [6.07, 6.45) is 1.86. The summed E-state index contributed by atoms with van der Waals surface area (Å²) in [5, 5.41) is 4.12. The second kappa shape index (κ2) is 12.0. The lowest BCUT2D eigenvalue weighted by molar-refractivity contribution is -0.142. The van der Waals surface area contributed by atoms with Crippen molar-refractivity contribution in [2.75, 3.05) is 13.2 Å². The van der Waals surface area contributed by atoms with Gasteiger partial charge in [0.2, 0.25) is 5.91 Å². The Bertz CT molecular complexity index is 894. The fraction of sp³-hybridized carbons (Fsp3) is 0.417. The zero-order valence-corrected chi connectivity index (χ0v) is 20.0. The molecule has 0 bridgehead atoms. The zero-order valence-electron chi connectivity index (χ0n) is 18.5. The van der Waals surface area contributed by atoms with Crippen LogP contribution >= 0.6 is 23.2 Å². The molecule has 5 nitrogen and oxygen atoms in total. The number of halogens is 2. The van der Waals surface area contributed by atoms with Crippen molar-refractivity contribution in [3.63, 3.8) is 0 Å². The minimum Gasteiger partial charge on any atom is -0.484 e. The molecule has 2 aromatic carbocycles. The molecule has 0 unspecified atom stereocenters. The number of carbonyl (C=O) groups excluding carboxylic acids is 2. The van der Waals surface area contributed by atoms with Crippen LogP contribution in [0.2, 0.25) is 10.0 Å². The van der Waals surface area contributed by atoms with E-state index < -0.39 is 6.04 Å². The van der Waals surface area contributed by atoms with Crippen LogP contribution in [0.15, 0.2) is 36.4 Å². The average molecular weight is 465 g/mol. The number of hydrogen-bond donors (Lipinski definition) is 1. The summed E-state index contributed by atoms with van der Waals surface area (Å²) in [5.74, 6) is 0.0563. The number of aryl methyl sites for hydroxylation is 2. The SMILES string of the molecule is CCCCNC(=O)[C@@H](C)N(Cc1ccccc1Cl)C(=O)COc1cc(C)c(Cl)c(C)c1. The van der Waals surface area contributed by atoms with Crippen molar-refractivity contribution < 1.29 is 14.3 Å². The lowest BCUT2D eigenvalue weighted by atomic mass is 10.1. The second-order valence-corrected chi connectivity index (χ2v) is 8.38. The fourth-order valence-electron chi connectivity index (χ4n) is 3.15. The molecule has 2 rings (SSSR count). The molecule has 0 heterocycles. The highest BCUT2D eigenvalue weighted by atomic mass is 35.5. The number of benzene rings is 2. The summed E-state index contributed by atoms with van der Waals surface area (Å²) in [6, 6.07) is 10.2. The van der Waals surface area contributed by atoms with Crippen LogP contribution in [0, 0.1) is 13.8 Å². The number of nitrogens with one attached hydrogen (secondary N) is 1. The Balaban J connectivity index is 2.17.